The number of carbonyl (C=O) groups is 1. The number of halogens is 1. The van der Waals surface area contributed by atoms with Crippen molar-refractivity contribution in [3.63, 3.8) is 0 Å². The lowest BCUT2D eigenvalue weighted by atomic mass is 10.1. The molecule has 1 amide bonds. The van der Waals surface area contributed by atoms with Crippen molar-refractivity contribution in [1.82, 2.24) is 15.4 Å². The van der Waals surface area contributed by atoms with Crippen LogP contribution in [-0.2, 0) is 6.61 Å². The Bertz CT molecular complexity index is 635. The normalized spacial score (nSPS) is 10.4. The third kappa shape index (κ3) is 3.64. The largest absolute Gasteiger partial charge is 0.472 e. The summed E-state index contributed by atoms with van der Waals surface area (Å²) in [6, 6.07) is 5.46. The number of carbonyl (C=O) groups excluding carboxylic acids is 1. The minimum atomic E-state index is -0.720. The van der Waals surface area contributed by atoms with Crippen molar-refractivity contribution < 1.29 is 24.3 Å². The van der Waals surface area contributed by atoms with Crippen LogP contribution in [0.4, 0.5) is 4.39 Å². The number of hydrogen-bond donors (Lipinski definition) is 3. The Morgan fingerprint density at radius 2 is 2.29 bits per heavy atom. The quantitative estimate of drug-likeness (QED) is 0.326. The maximum atomic E-state index is 12.6. The van der Waals surface area contributed by atoms with Crippen LogP contribution in [0.15, 0.2) is 35.4 Å². The first kappa shape index (κ1) is 15.1. The molecule has 0 bridgehead atoms. The molecule has 0 saturated carbocycles. The van der Waals surface area contributed by atoms with Gasteiger partial charge in [-0.1, -0.05) is 22.9 Å². The van der Waals surface area contributed by atoms with Gasteiger partial charge in [0.1, 0.15) is 12.6 Å². The molecule has 3 N–H and O–H groups in total. The van der Waals surface area contributed by atoms with E-state index in [1.54, 1.807) is 12.1 Å². The SMILES string of the molecule is O=C(NO)c1cccc(SCF)c1COc1ccn(O)n1. The summed E-state index contributed by atoms with van der Waals surface area (Å²) in [5.41, 5.74) is 2.12. The lowest BCUT2D eigenvalue weighted by Crippen LogP contribution is -2.21. The van der Waals surface area contributed by atoms with Crippen LogP contribution >= 0.6 is 11.8 Å². The fraction of sp³-hybridized carbons (Fsp3) is 0.167. The predicted octanol–water partition coefficient (Wildman–Crippen LogP) is 1.84. The summed E-state index contributed by atoms with van der Waals surface area (Å²) in [6.07, 6.45) is 1.28. The highest BCUT2D eigenvalue weighted by Crippen LogP contribution is 2.27. The lowest BCUT2D eigenvalue weighted by molar-refractivity contribution is 0.0703. The molecule has 1 aromatic carbocycles. The van der Waals surface area contributed by atoms with Gasteiger partial charge in [-0.15, -0.1) is 4.85 Å². The number of benzene rings is 1. The number of rotatable bonds is 6. The molecular weight excluding hydrogens is 301 g/mol. The van der Waals surface area contributed by atoms with Gasteiger partial charge in [0.05, 0.1) is 6.20 Å². The molecule has 0 fully saturated rings. The summed E-state index contributed by atoms with van der Waals surface area (Å²) < 4.78 is 17.9. The van der Waals surface area contributed by atoms with Gasteiger partial charge in [-0.05, 0) is 12.1 Å². The van der Waals surface area contributed by atoms with Crippen molar-refractivity contribution in [2.45, 2.75) is 11.5 Å². The van der Waals surface area contributed by atoms with Crippen LogP contribution in [0, 0.1) is 0 Å². The fourth-order valence-electron chi connectivity index (χ4n) is 1.70. The summed E-state index contributed by atoms with van der Waals surface area (Å²) in [6.45, 7) is -0.0665. The number of alkyl halides is 1. The summed E-state index contributed by atoms with van der Waals surface area (Å²) in [7, 11) is 0. The summed E-state index contributed by atoms with van der Waals surface area (Å²) in [5, 5.41) is 21.4. The monoisotopic (exact) mass is 313 g/mol. The van der Waals surface area contributed by atoms with Crippen LogP contribution < -0.4 is 10.2 Å². The van der Waals surface area contributed by atoms with E-state index in [-0.39, 0.29) is 18.1 Å². The molecule has 1 aromatic heterocycles. The maximum absolute atomic E-state index is 12.6. The second-order valence-electron chi connectivity index (χ2n) is 3.84. The van der Waals surface area contributed by atoms with Gasteiger partial charge in [0.25, 0.3) is 5.91 Å². The van der Waals surface area contributed by atoms with E-state index in [1.165, 1.54) is 23.8 Å². The Balaban J connectivity index is 2.27. The van der Waals surface area contributed by atoms with E-state index < -0.39 is 11.9 Å². The second-order valence-corrected chi connectivity index (χ2v) is 4.79. The fourth-order valence-corrected chi connectivity index (χ4v) is 2.34. The predicted molar refractivity (Wildman–Crippen MR) is 71.3 cm³/mol. The number of ether oxygens (including phenoxy) is 1. The van der Waals surface area contributed by atoms with Crippen molar-refractivity contribution in [3.8, 4) is 5.88 Å². The number of nitrogens with one attached hydrogen (secondary N) is 1. The molecule has 0 radical (unpaired) electrons. The zero-order valence-corrected chi connectivity index (χ0v) is 11.5. The summed E-state index contributed by atoms with van der Waals surface area (Å²) in [5.74, 6) is -0.574. The highest BCUT2D eigenvalue weighted by atomic mass is 32.2. The number of hydrogen-bond acceptors (Lipinski definition) is 6. The molecule has 0 atom stereocenters. The molecule has 0 saturated heterocycles. The van der Waals surface area contributed by atoms with E-state index in [0.29, 0.717) is 15.3 Å². The van der Waals surface area contributed by atoms with E-state index in [1.807, 2.05) is 0 Å². The van der Waals surface area contributed by atoms with E-state index in [4.69, 9.17) is 15.2 Å². The average Bonchev–Trinajstić information content (AvgIpc) is 2.91. The van der Waals surface area contributed by atoms with Gasteiger partial charge in [-0.2, -0.15) is 0 Å². The standard InChI is InChI=1S/C12H12FN3O4S/c13-7-21-10-3-1-2-8(12(17)15-18)9(10)6-20-11-4-5-16(19)14-11/h1-5,18-19H,6-7H2,(H,15,17). The van der Waals surface area contributed by atoms with Gasteiger partial charge in [0, 0.05) is 22.1 Å². The number of aromatic nitrogens is 2. The maximum Gasteiger partial charge on any atom is 0.275 e. The third-order valence-electron chi connectivity index (χ3n) is 2.61. The smallest absolute Gasteiger partial charge is 0.275 e. The molecule has 0 spiro atoms. The Morgan fingerprint density at radius 3 is 2.90 bits per heavy atom. The van der Waals surface area contributed by atoms with E-state index in [2.05, 4.69) is 5.10 Å². The first-order valence-corrected chi connectivity index (χ1v) is 6.77. The molecule has 0 aliphatic rings. The van der Waals surface area contributed by atoms with Crippen LogP contribution in [0.1, 0.15) is 15.9 Å². The molecule has 0 aliphatic heterocycles. The van der Waals surface area contributed by atoms with Crippen LogP contribution in [0.3, 0.4) is 0 Å². The first-order valence-electron chi connectivity index (χ1n) is 5.78. The number of hydroxylamine groups is 1. The zero-order valence-electron chi connectivity index (χ0n) is 10.7. The van der Waals surface area contributed by atoms with Crippen molar-refractivity contribution in [2.75, 3.05) is 6.01 Å². The topological polar surface area (TPSA) is 96.6 Å². The lowest BCUT2D eigenvalue weighted by Gasteiger charge is -2.12. The molecule has 0 aliphatic carbocycles. The highest BCUT2D eigenvalue weighted by Gasteiger charge is 2.16. The molecule has 2 rings (SSSR count). The van der Waals surface area contributed by atoms with Crippen LogP contribution in [-0.4, -0.2) is 32.3 Å². The minimum absolute atomic E-state index is 0.0665. The molecule has 9 heteroatoms. The van der Waals surface area contributed by atoms with Gasteiger partial charge in [-0.25, -0.2) is 9.87 Å². The third-order valence-corrected chi connectivity index (χ3v) is 3.41. The highest BCUT2D eigenvalue weighted by molar-refractivity contribution is 7.99. The van der Waals surface area contributed by atoms with E-state index in [0.717, 1.165) is 11.8 Å². The van der Waals surface area contributed by atoms with Crippen molar-refractivity contribution >= 4 is 17.7 Å². The zero-order chi connectivity index (χ0) is 15.2. The molecule has 1 heterocycles. The van der Waals surface area contributed by atoms with Crippen molar-refractivity contribution in [1.29, 1.82) is 0 Å². The molecule has 21 heavy (non-hydrogen) atoms. The molecule has 7 nitrogen and oxygen atoms in total. The Hall–Kier alpha value is -2.26. The van der Waals surface area contributed by atoms with E-state index in [9.17, 15) is 9.18 Å². The van der Waals surface area contributed by atoms with Gasteiger partial charge in [0.15, 0.2) is 0 Å². The Kier molecular flexibility index (Phi) is 5.01. The van der Waals surface area contributed by atoms with Gasteiger partial charge >= 0.3 is 0 Å². The summed E-state index contributed by atoms with van der Waals surface area (Å²) >= 11 is 0.901. The Labute approximate surface area is 123 Å². The molecule has 2 aromatic rings. The average molecular weight is 313 g/mol. The van der Waals surface area contributed by atoms with Crippen molar-refractivity contribution in [3.05, 3.63) is 41.6 Å². The van der Waals surface area contributed by atoms with Crippen LogP contribution in [0.25, 0.3) is 0 Å². The van der Waals surface area contributed by atoms with Gasteiger partial charge < -0.3 is 9.94 Å². The second kappa shape index (κ2) is 6.95. The number of amides is 1. The number of thioether (sulfide) groups is 1. The number of nitrogens with zero attached hydrogens (tertiary/aromatic N) is 2. The summed E-state index contributed by atoms with van der Waals surface area (Å²) in [4.78, 5) is 12.7. The van der Waals surface area contributed by atoms with Gasteiger partial charge in [0.2, 0.25) is 5.88 Å². The van der Waals surface area contributed by atoms with Crippen LogP contribution in [0.2, 0.25) is 0 Å². The molecule has 112 valence electrons. The molecule has 0 unspecified atom stereocenters. The molecular formula is C12H12FN3O4S. The minimum Gasteiger partial charge on any atom is -0.472 e. The van der Waals surface area contributed by atoms with Crippen molar-refractivity contribution in [2.24, 2.45) is 0 Å². The first-order chi connectivity index (χ1) is 10.2. The van der Waals surface area contributed by atoms with E-state index >= 15 is 0 Å². The van der Waals surface area contributed by atoms with Crippen LogP contribution in [0.5, 0.6) is 5.88 Å². The Morgan fingerprint density at radius 1 is 1.48 bits per heavy atom. The van der Waals surface area contributed by atoms with Gasteiger partial charge in [-0.3, -0.25) is 10.0 Å².